The lowest BCUT2D eigenvalue weighted by Gasteiger charge is -2.17. The molecule has 0 saturated heterocycles. The van der Waals surface area contributed by atoms with Gasteiger partial charge in [-0.2, -0.15) is 0 Å². The molecular formula is C12H17Br2N. The van der Waals surface area contributed by atoms with E-state index in [4.69, 9.17) is 0 Å². The number of alkyl halides is 1. The maximum absolute atomic E-state index is 3.56. The number of halogens is 2. The van der Waals surface area contributed by atoms with Gasteiger partial charge in [-0.3, -0.25) is 0 Å². The fraction of sp³-hybridized carbons (Fsp3) is 0.500. The second-order valence-corrected chi connectivity index (χ2v) is 6.41. The minimum absolute atomic E-state index is 0.602. The third kappa shape index (κ3) is 5.69. The van der Waals surface area contributed by atoms with Crippen molar-refractivity contribution in [3.63, 3.8) is 0 Å². The lowest BCUT2D eigenvalue weighted by atomic mass is 10.2. The van der Waals surface area contributed by atoms with E-state index in [1.165, 1.54) is 12.0 Å². The van der Waals surface area contributed by atoms with Gasteiger partial charge in [0.25, 0.3) is 0 Å². The summed E-state index contributed by atoms with van der Waals surface area (Å²) in [6, 6.07) is 8.52. The third-order valence-corrected chi connectivity index (χ3v) is 3.26. The Bertz CT molecular complexity index is 282. The first-order valence-corrected chi connectivity index (χ1v) is 6.86. The quantitative estimate of drug-likeness (QED) is 0.734. The molecule has 0 saturated carbocycles. The highest BCUT2D eigenvalue weighted by Crippen LogP contribution is 2.12. The van der Waals surface area contributed by atoms with Crippen LogP contribution in [0.2, 0.25) is 0 Å². The van der Waals surface area contributed by atoms with Crippen LogP contribution in [-0.4, -0.2) is 23.3 Å². The summed E-state index contributed by atoms with van der Waals surface area (Å²) >= 11 is 7.01. The van der Waals surface area contributed by atoms with Crippen molar-refractivity contribution in [3.8, 4) is 0 Å². The zero-order chi connectivity index (χ0) is 11.3. The Hall–Kier alpha value is 0.140. The molecule has 15 heavy (non-hydrogen) atoms. The highest BCUT2D eigenvalue weighted by Gasteiger charge is 2.02. The lowest BCUT2D eigenvalue weighted by molar-refractivity contribution is 0.323. The molecule has 0 spiro atoms. The first-order chi connectivity index (χ1) is 7.08. The molecular weight excluding hydrogens is 318 g/mol. The molecule has 0 aliphatic rings. The molecule has 0 aromatic heterocycles. The first kappa shape index (κ1) is 13.2. The van der Waals surface area contributed by atoms with E-state index in [0.717, 1.165) is 17.6 Å². The van der Waals surface area contributed by atoms with E-state index in [2.05, 4.69) is 75.0 Å². The van der Waals surface area contributed by atoms with Crippen LogP contribution in [0.5, 0.6) is 0 Å². The van der Waals surface area contributed by atoms with Gasteiger partial charge in [0.2, 0.25) is 0 Å². The predicted molar refractivity (Wildman–Crippen MR) is 73.5 cm³/mol. The summed E-state index contributed by atoms with van der Waals surface area (Å²) in [5, 5.41) is 0. The monoisotopic (exact) mass is 333 g/mol. The summed E-state index contributed by atoms with van der Waals surface area (Å²) in [7, 11) is 2.16. The van der Waals surface area contributed by atoms with Crippen LogP contribution in [0.25, 0.3) is 0 Å². The minimum Gasteiger partial charge on any atom is -0.302 e. The van der Waals surface area contributed by atoms with Crippen LogP contribution < -0.4 is 0 Å². The van der Waals surface area contributed by atoms with Gasteiger partial charge in [-0.1, -0.05) is 50.9 Å². The smallest absolute Gasteiger partial charge is 0.0230 e. The summed E-state index contributed by atoms with van der Waals surface area (Å²) in [6.45, 7) is 4.34. The van der Waals surface area contributed by atoms with E-state index in [1.807, 2.05) is 0 Å². The maximum Gasteiger partial charge on any atom is 0.0230 e. The van der Waals surface area contributed by atoms with Crippen molar-refractivity contribution < 1.29 is 0 Å². The lowest BCUT2D eigenvalue weighted by Crippen LogP contribution is -2.20. The summed E-state index contributed by atoms with van der Waals surface area (Å²) in [6.07, 6.45) is 1.19. The van der Waals surface area contributed by atoms with Crippen molar-refractivity contribution in [1.29, 1.82) is 0 Å². The minimum atomic E-state index is 0.602. The molecule has 1 aromatic rings. The van der Waals surface area contributed by atoms with Crippen molar-refractivity contribution in [2.75, 3.05) is 13.6 Å². The average molecular weight is 335 g/mol. The molecule has 3 heteroatoms. The Kier molecular flexibility index (Phi) is 5.87. The fourth-order valence-corrected chi connectivity index (χ4v) is 1.85. The van der Waals surface area contributed by atoms with Crippen molar-refractivity contribution in [1.82, 2.24) is 4.90 Å². The topological polar surface area (TPSA) is 3.24 Å². The molecule has 1 atom stereocenters. The summed E-state index contributed by atoms with van der Waals surface area (Å²) < 4.78 is 1.14. The van der Waals surface area contributed by atoms with Crippen LogP contribution in [0.1, 0.15) is 18.9 Å². The molecule has 1 aromatic carbocycles. The molecule has 0 aliphatic heterocycles. The highest BCUT2D eigenvalue weighted by molar-refractivity contribution is 9.10. The molecule has 1 nitrogen and oxygen atoms in total. The SMILES string of the molecule is CC(Br)CCN(C)Cc1ccc(Br)cc1. The van der Waals surface area contributed by atoms with Crippen molar-refractivity contribution in [2.24, 2.45) is 0 Å². The summed E-state index contributed by atoms with van der Waals surface area (Å²) in [5.74, 6) is 0. The Balaban J connectivity index is 2.37. The molecule has 0 radical (unpaired) electrons. The molecule has 0 heterocycles. The number of benzene rings is 1. The van der Waals surface area contributed by atoms with Crippen molar-refractivity contribution in [3.05, 3.63) is 34.3 Å². The van der Waals surface area contributed by atoms with Gasteiger partial charge in [0.05, 0.1) is 0 Å². The van der Waals surface area contributed by atoms with Crippen molar-refractivity contribution in [2.45, 2.75) is 24.7 Å². The van der Waals surface area contributed by atoms with Gasteiger partial charge in [-0.05, 0) is 37.7 Å². The van der Waals surface area contributed by atoms with Gasteiger partial charge in [0, 0.05) is 15.8 Å². The Labute approximate surface area is 109 Å². The van der Waals surface area contributed by atoms with Gasteiger partial charge in [0.1, 0.15) is 0 Å². The molecule has 0 N–H and O–H groups in total. The average Bonchev–Trinajstić information content (AvgIpc) is 2.19. The number of hydrogen-bond donors (Lipinski definition) is 0. The maximum atomic E-state index is 3.56. The van der Waals surface area contributed by atoms with E-state index in [0.29, 0.717) is 4.83 Å². The van der Waals surface area contributed by atoms with E-state index >= 15 is 0 Å². The van der Waals surface area contributed by atoms with Crippen LogP contribution in [0.15, 0.2) is 28.7 Å². The van der Waals surface area contributed by atoms with Crippen LogP contribution in [-0.2, 0) is 6.54 Å². The molecule has 0 fully saturated rings. The summed E-state index contributed by atoms with van der Waals surface area (Å²) in [4.78, 5) is 2.95. The second kappa shape index (κ2) is 6.66. The molecule has 84 valence electrons. The molecule has 1 rings (SSSR count). The third-order valence-electron chi connectivity index (χ3n) is 2.27. The van der Waals surface area contributed by atoms with Crippen LogP contribution in [0, 0.1) is 0 Å². The van der Waals surface area contributed by atoms with Gasteiger partial charge >= 0.3 is 0 Å². The molecule has 0 aliphatic carbocycles. The second-order valence-electron chi connectivity index (χ2n) is 3.93. The number of nitrogens with zero attached hydrogens (tertiary/aromatic N) is 1. The van der Waals surface area contributed by atoms with Gasteiger partial charge < -0.3 is 4.90 Å². The van der Waals surface area contributed by atoms with Crippen LogP contribution >= 0.6 is 31.9 Å². The Morgan fingerprint density at radius 3 is 2.40 bits per heavy atom. The Morgan fingerprint density at radius 2 is 1.87 bits per heavy atom. The Morgan fingerprint density at radius 1 is 1.27 bits per heavy atom. The van der Waals surface area contributed by atoms with E-state index < -0.39 is 0 Å². The number of rotatable bonds is 5. The normalized spacial score (nSPS) is 13.1. The standard InChI is InChI=1S/C12H17Br2N/c1-10(13)7-8-15(2)9-11-3-5-12(14)6-4-11/h3-6,10H,7-9H2,1-2H3. The zero-order valence-electron chi connectivity index (χ0n) is 9.21. The van der Waals surface area contributed by atoms with E-state index in [1.54, 1.807) is 0 Å². The van der Waals surface area contributed by atoms with Crippen molar-refractivity contribution >= 4 is 31.9 Å². The molecule has 0 bridgehead atoms. The van der Waals surface area contributed by atoms with Crippen LogP contribution in [0.4, 0.5) is 0 Å². The summed E-state index contributed by atoms with van der Waals surface area (Å²) in [5.41, 5.74) is 1.36. The fourth-order valence-electron chi connectivity index (χ4n) is 1.38. The van der Waals surface area contributed by atoms with Crippen LogP contribution in [0.3, 0.4) is 0 Å². The largest absolute Gasteiger partial charge is 0.302 e. The first-order valence-electron chi connectivity index (χ1n) is 5.15. The van der Waals surface area contributed by atoms with Gasteiger partial charge in [-0.15, -0.1) is 0 Å². The number of hydrogen-bond acceptors (Lipinski definition) is 1. The van der Waals surface area contributed by atoms with E-state index in [9.17, 15) is 0 Å². The van der Waals surface area contributed by atoms with Gasteiger partial charge in [0.15, 0.2) is 0 Å². The molecule has 1 unspecified atom stereocenters. The highest BCUT2D eigenvalue weighted by atomic mass is 79.9. The zero-order valence-corrected chi connectivity index (χ0v) is 12.4. The van der Waals surface area contributed by atoms with Gasteiger partial charge in [-0.25, -0.2) is 0 Å². The molecule has 0 amide bonds. The predicted octanol–water partition coefficient (Wildman–Crippen LogP) is 4.05. The van der Waals surface area contributed by atoms with E-state index in [-0.39, 0.29) is 0 Å².